The van der Waals surface area contributed by atoms with Crippen molar-refractivity contribution in [1.29, 1.82) is 0 Å². The number of nitrogens with one attached hydrogen (secondary N) is 1. The van der Waals surface area contributed by atoms with Crippen LogP contribution in [0.5, 0.6) is 0 Å². The maximum atomic E-state index is 5.60. The lowest BCUT2D eigenvalue weighted by atomic mass is 10.1. The van der Waals surface area contributed by atoms with Crippen molar-refractivity contribution in [2.24, 2.45) is 11.8 Å². The summed E-state index contributed by atoms with van der Waals surface area (Å²) in [7, 11) is 0. The molecule has 1 fully saturated rings. The van der Waals surface area contributed by atoms with Crippen molar-refractivity contribution in [3.63, 3.8) is 0 Å². The molecule has 84 valence electrons. The summed E-state index contributed by atoms with van der Waals surface area (Å²) in [4.78, 5) is 4.41. The van der Waals surface area contributed by atoms with Gasteiger partial charge in [0, 0.05) is 18.9 Å². The number of hydrazine groups is 1. The molecule has 0 bridgehead atoms. The number of hydrogen-bond donors (Lipinski definition) is 2. The van der Waals surface area contributed by atoms with Crippen molar-refractivity contribution < 1.29 is 0 Å². The predicted molar refractivity (Wildman–Crippen MR) is 59.9 cm³/mol. The van der Waals surface area contributed by atoms with E-state index in [9.17, 15) is 0 Å². The molecule has 1 unspecified atom stereocenters. The van der Waals surface area contributed by atoms with Crippen molar-refractivity contribution >= 4 is 0 Å². The zero-order valence-corrected chi connectivity index (χ0v) is 9.32. The highest BCUT2D eigenvalue weighted by Gasteiger charge is 2.27. The fourth-order valence-corrected chi connectivity index (χ4v) is 2.00. The van der Waals surface area contributed by atoms with Crippen LogP contribution in [-0.4, -0.2) is 9.55 Å². The molecule has 15 heavy (non-hydrogen) atoms. The zero-order valence-electron chi connectivity index (χ0n) is 9.32. The summed E-state index contributed by atoms with van der Waals surface area (Å²) in [5, 5.41) is 0. The summed E-state index contributed by atoms with van der Waals surface area (Å²) in [5.74, 6) is 7.55. The van der Waals surface area contributed by atoms with Crippen molar-refractivity contribution in [2.75, 3.05) is 0 Å². The molecule has 2 rings (SSSR count). The van der Waals surface area contributed by atoms with Crippen LogP contribution < -0.4 is 11.3 Å². The van der Waals surface area contributed by atoms with E-state index in [-0.39, 0.29) is 6.04 Å². The fourth-order valence-electron chi connectivity index (χ4n) is 2.00. The van der Waals surface area contributed by atoms with Gasteiger partial charge in [0.2, 0.25) is 0 Å². The standard InChI is InChI=1S/C11H20N4/c1-2-6-15-7-5-13-11(15)10(14-12)8-9-3-4-9/h5,7,9-10,14H,2-4,6,8,12H2,1H3. The van der Waals surface area contributed by atoms with Gasteiger partial charge in [-0.05, 0) is 18.8 Å². The van der Waals surface area contributed by atoms with Crippen molar-refractivity contribution in [2.45, 2.75) is 45.2 Å². The third-order valence-electron chi connectivity index (χ3n) is 2.99. The van der Waals surface area contributed by atoms with E-state index in [1.54, 1.807) is 0 Å². The van der Waals surface area contributed by atoms with Crippen LogP contribution in [0, 0.1) is 5.92 Å². The molecule has 0 spiro atoms. The van der Waals surface area contributed by atoms with Gasteiger partial charge < -0.3 is 4.57 Å². The third-order valence-corrected chi connectivity index (χ3v) is 2.99. The van der Waals surface area contributed by atoms with Gasteiger partial charge in [-0.25, -0.2) is 10.4 Å². The van der Waals surface area contributed by atoms with Crippen LogP contribution in [0.4, 0.5) is 0 Å². The molecule has 1 saturated carbocycles. The van der Waals surface area contributed by atoms with Gasteiger partial charge in [-0.1, -0.05) is 19.8 Å². The van der Waals surface area contributed by atoms with Gasteiger partial charge in [0.25, 0.3) is 0 Å². The molecule has 0 aliphatic heterocycles. The summed E-state index contributed by atoms with van der Waals surface area (Å²) in [5.41, 5.74) is 2.89. The largest absolute Gasteiger partial charge is 0.334 e. The molecular weight excluding hydrogens is 188 g/mol. The first kappa shape index (κ1) is 10.6. The molecule has 1 aromatic rings. The van der Waals surface area contributed by atoms with Crippen molar-refractivity contribution in [3.05, 3.63) is 18.2 Å². The second kappa shape index (κ2) is 4.77. The van der Waals surface area contributed by atoms with Crippen LogP contribution in [0.3, 0.4) is 0 Å². The summed E-state index contributed by atoms with van der Waals surface area (Å²) >= 11 is 0. The molecule has 0 radical (unpaired) electrons. The highest BCUT2D eigenvalue weighted by Crippen LogP contribution is 2.36. The monoisotopic (exact) mass is 208 g/mol. The minimum Gasteiger partial charge on any atom is -0.334 e. The maximum absolute atomic E-state index is 5.60. The van der Waals surface area contributed by atoms with Crippen LogP contribution in [0.15, 0.2) is 12.4 Å². The third kappa shape index (κ3) is 2.58. The Kier molecular flexibility index (Phi) is 3.38. The van der Waals surface area contributed by atoms with Gasteiger partial charge in [0.1, 0.15) is 5.82 Å². The average molecular weight is 208 g/mol. The Bertz CT molecular complexity index is 303. The Hall–Kier alpha value is -0.870. The lowest BCUT2D eigenvalue weighted by molar-refractivity contribution is 0.442. The molecule has 4 nitrogen and oxygen atoms in total. The van der Waals surface area contributed by atoms with Gasteiger partial charge in [0.15, 0.2) is 0 Å². The first-order valence-corrected chi connectivity index (χ1v) is 5.82. The van der Waals surface area contributed by atoms with Crippen molar-refractivity contribution in [1.82, 2.24) is 15.0 Å². The minimum atomic E-state index is 0.221. The molecule has 1 aromatic heterocycles. The van der Waals surface area contributed by atoms with E-state index >= 15 is 0 Å². The number of rotatable bonds is 6. The van der Waals surface area contributed by atoms with E-state index in [0.29, 0.717) is 0 Å². The Morgan fingerprint density at radius 1 is 1.67 bits per heavy atom. The summed E-state index contributed by atoms with van der Waals surface area (Å²) < 4.78 is 2.20. The predicted octanol–water partition coefficient (Wildman–Crippen LogP) is 1.60. The van der Waals surface area contributed by atoms with Crippen LogP contribution in [0.25, 0.3) is 0 Å². The lowest BCUT2D eigenvalue weighted by Crippen LogP contribution is -2.30. The average Bonchev–Trinajstić information content (AvgIpc) is 2.95. The Morgan fingerprint density at radius 3 is 3.07 bits per heavy atom. The topological polar surface area (TPSA) is 55.9 Å². The van der Waals surface area contributed by atoms with Crippen LogP contribution in [0.1, 0.15) is 44.5 Å². The number of nitrogens with zero attached hydrogens (tertiary/aromatic N) is 2. The Labute approximate surface area is 90.8 Å². The number of nitrogens with two attached hydrogens (primary N) is 1. The summed E-state index contributed by atoms with van der Waals surface area (Å²) in [6, 6.07) is 0.221. The first-order valence-electron chi connectivity index (χ1n) is 5.82. The molecule has 1 atom stereocenters. The maximum Gasteiger partial charge on any atom is 0.127 e. The molecule has 0 aromatic carbocycles. The number of aromatic nitrogens is 2. The molecule has 3 N–H and O–H groups in total. The number of imidazole rings is 1. The quantitative estimate of drug-likeness (QED) is 0.551. The Balaban J connectivity index is 2.05. The molecule has 1 aliphatic rings. The smallest absolute Gasteiger partial charge is 0.127 e. The summed E-state index contributed by atoms with van der Waals surface area (Å²) in [6.45, 7) is 3.20. The van der Waals surface area contributed by atoms with Gasteiger partial charge in [-0.2, -0.15) is 0 Å². The van der Waals surface area contributed by atoms with E-state index in [0.717, 1.165) is 31.1 Å². The zero-order chi connectivity index (χ0) is 10.7. The van der Waals surface area contributed by atoms with Gasteiger partial charge >= 0.3 is 0 Å². The second-order valence-corrected chi connectivity index (χ2v) is 4.38. The molecule has 1 aliphatic carbocycles. The normalized spacial score (nSPS) is 18.0. The molecule has 4 heteroatoms. The van der Waals surface area contributed by atoms with Gasteiger partial charge in [0.05, 0.1) is 6.04 Å². The van der Waals surface area contributed by atoms with Crippen molar-refractivity contribution in [3.8, 4) is 0 Å². The highest BCUT2D eigenvalue weighted by molar-refractivity contribution is 5.00. The molecule has 1 heterocycles. The first-order chi connectivity index (χ1) is 7.35. The van der Waals surface area contributed by atoms with E-state index in [2.05, 4.69) is 21.9 Å². The number of aryl methyl sites for hydroxylation is 1. The highest BCUT2D eigenvalue weighted by atomic mass is 15.3. The van der Waals surface area contributed by atoms with E-state index in [1.807, 2.05) is 12.4 Å². The van der Waals surface area contributed by atoms with E-state index in [1.165, 1.54) is 12.8 Å². The summed E-state index contributed by atoms with van der Waals surface area (Å²) in [6.07, 6.45) is 8.86. The lowest BCUT2D eigenvalue weighted by Gasteiger charge is -2.16. The number of hydrogen-bond acceptors (Lipinski definition) is 3. The molecular formula is C11H20N4. The van der Waals surface area contributed by atoms with Gasteiger partial charge in [-0.15, -0.1) is 0 Å². The van der Waals surface area contributed by atoms with E-state index in [4.69, 9.17) is 5.84 Å². The minimum absolute atomic E-state index is 0.221. The second-order valence-electron chi connectivity index (χ2n) is 4.38. The van der Waals surface area contributed by atoms with Crippen LogP contribution >= 0.6 is 0 Å². The van der Waals surface area contributed by atoms with Gasteiger partial charge in [-0.3, -0.25) is 5.84 Å². The Morgan fingerprint density at radius 2 is 2.47 bits per heavy atom. The van der Waals surface area contributed by atoms with Crippen LogP contribution in [-0.2, 0) is 6.54 Å². The SMILES string of the molecule is CCCn1ccnc1C(CC1CC1)NN. The van der Waals surface area contributed by atoms with Crippen LogP contribution in [0.2, 0.25) is 0 Å². The molecule has 0 saturated heterocycles. The fraction of sp³-hybridized carbons (Fsp3) is 0.727. The molecule has 0 amide bonds. The van der Waals surface area contributed by atoms with E-state index < -0.39 is 0 Å².